The molecule has 0 unspecified atom stereocenters. The van der Waals surface area contributed by atoms with Crippen LogP contribution in [0.3, 0.4) is 0 Å². The van der Waals surface area contributed by atoms with Gasteiger partial charge in [0.25, 0.3) is 5.56 Å². The SMILES string of the molecule is COC(=O)c1cc(=O)[nH]n1-c1nc(-c2ccc(C(F)(F)F)cc2)c(SC(C)C)s1. The fraction of sp³-hybridized carbons (Fsp3) is 0.278. The molecule has 0 radical (unpaired) electrons. The lowest BCUT2D eigenvalue weighted by Gasteiger charge is -2.08. The van der Waals surface area contributed by atoms with Crippen molar-refractivity contribution in [3.05, 3.63) is 51.9 Å². The number of rotatable bonds is 5. The number of H-pyrrole nitrogens is 1. The van der Waals surface area contributed by atoms with Crippen LogP contribution in [0.1, 0.15) is 29.9 Å². The molecule has 0 aliphatic heterocycles. The molecule has 11 heteroatoms. The molecule has 154 valence electrons. The standard InChI is InChI=1S/C18H16F3N3O3S2/c1-9(2)28-16-14(10-4-6-11(7-5-10)18(19,20)21)22-17(29-16)24-12(15(26)27-3)8-13(25)23-24/h4-9H,1-3H3,(H,23,25). The number of halogens is 3. The van der Waals surface area contributed by atoms with Gasteiger partial charge in [0.2, 0.25) is 5.13 Å². The summed E-state index contributed by atoms with van der Waals surface area (Å²) in [6.07, 6.45) is -4.43. The van der Waals surface area contributed by atoms with E-state index in [1.807, 2.05) is 13.8 Å². The normalized spacial score (nSPS) is 11.8. The molecule has 0 amide bonds. The molecule has 1 aromatic carbocycles. The second-order valence-electron chi connectivity index (χ2n) is 6.21. The molecule has 6 nitrogen and oxygen atoms in total. The second kappa shape index (κ2) is 8.07. The topological polar surface area (TPSA) is 77.0 Å². The number of thioether (sulfide) groups is 1. The van der Waals surface area contributed by atoms with Crippen LogP contribution in [0.2, 0.25) is 0 Å². The predicted octanol–water partition coefficient (Wildman–Crippen LogP) is 4.60. The summed E-state index contributed by atoms with van der Waals surface area (Å²) in [5, 5.41) is 2.98. The number of aromatic amines is 1. The van der Waals surface area contributed by atoms with E-state index in [2.05, 4.69) is 14.8 Å². The van der Waals surface area contributed by atoms with E-state index in [-0.39, 0.29) is 10.9 Å². The average Bonchev–Trinajstić information content (AvgIpc) is 3.23. The fourth-order valence-corrected chi connectivity index (χ4v) is 4.98. The van der Waals surface area contributed by atoms with Gasteiger partial charge >= 0.3 is 12.1 Å². The number of esters is 1. The molecule has 0 saturated heterocycles. The number of carbonyl (C=O) groups excluding carboxylic acids is 1. The van der Waals surface area contributed by atoms with E-state index in [0.29, 0.717) is 16.4 Å². The van der Waals surface area contributed by atoms with Gasteiger partial charge in [0, 0.05) is 16.9 Å². The lowest BCUT2D eigenvalue weighted by Crippen LogP contribution is -2.10. The summed E-state index contributed by atoms with van der Waals surface area (Å²) in [7, 11) is 1.19. The first kappa shape index (κ1) is 21.2. The number of alkyl halides is 3. The fourth-order valence-electron chi connectivity index (χ4n) is 2.48. The Morgan fingerprint density at radius 2 is 1.93 bits per heavy atom. The van der Waals surface area contributed by atoms with Crippen LogP contribution in [-0.2, 0) is 10.9 Å². The van der Waals surface area contributed by atoms with E-state index in [1.54, 1.807) is 0 Å². The maximum Gasteiger partial charge on any atom is 0.416 e. The molecular weight excluding hydrogens is 427 g/mol. The summed E-state index contributed by atoms with van der Waals surface area (Å²) in [6.45, 7) is 3.94. The third-order valence-electron chi connectivity index (χ3n) is 3.73. The number of hydrogen-bond donors (Lipinski definition) is 1. The summed E-state index contributed by atoms with van der Waals surface area (Å²) in [5.74, 6) is -0.715. The molecule has 3 rings (SSSR count). The van der Waals surface area contributed by atoms with Crippen molar-refractivity contribution >= 4 is 29.1 Å². The number of ether oxygens (including phenoxy) is 1. The summed E-state index contributed by atoms with van der Waals surface area (Å²) < 4.78 is 45.2. The lowest BCUT2D eigenvalue weighted by atomic mass is 10.1. The van der Waals surface area contributed by atoms with Crippen LogP contribution in [-0.4, -0.2) is 33.1 Å². The van der Waals surface area contributed by atoms with Crippen molar-refractivity contribution in [1.82, 2.24) is 14.8 Å². The molecule has 2 aromatic heterocycles. The van der Waals surface area contributed by atoms with Gasteiger partial charge in [-0.25, -0.2) is 14.5 Å². The zero-order valence-corrected chi connectivity index (χ0v) is 17.2. The van der Waals surface area contributed by atoms with Gasteiger partial charge in [-0.05, 0) is 12.1 Å². The van der Waals surface area contributed by atoms with Gasteiger partial charge in [0.15, 0.2) is 5.69 Å². The molecule has 2 heterocycles. The zero-order chi connectivity index (χ0) is 21.3. The molecule has 1 N–H and O–H groups in total. The molecule has 0 aliphatic carbocycles. The number of thiazole rings is 1. The maximum absolute atomic E-state index is 12.9. The number of benzene rings is 1. The highest BCUT2D eigenvalue weighted by Crippen LogP contribution is 2.40. The highest BCUT2D eigenvalue weighted by Gasteiger charge is 2.30. The van der Waals surface area contributed by atoms with Crippen molar-refractivity contribution < 1.29 is 22.7 Å². The highest BCUT2D eigenvalue weighted by molar-refractivity contribution is 8.01. The number of nitrogens with zero attached hydrogens (tertiary/aromatic N) is 2. The number of aromatic nitrogens is 3. The van der Waals surface area contributed by atoms with E-state index < -0.39 is 23.3 Å². The van der Waals surface area contributed by atoms with Gasteiger partial charge in [0.05, 0.1) is 22.6 Å². The highest BCUT2D eigenvalue weighted by atomic mass is 32.2. The zero-order valence-electron chi connectivity index (χ0n) is 15.5. The summed E-state index contributed by atoms with van der Waals surface area (Å²) in [5.41, 5.74) is -0.306. The molecule has 3 aromatic rings. The van der Waals surface area contributed by atoms with Gasteiger partial charge in [0.1, 0.15) is 0 Å². The third-order valence-corrected chi connectivity index (χ3v) is 5.98. The van der Waals surface area contributed by atoms with E-state index >= 15 is 0 Å². The van der Waals surface area contributed by atoms with Crippen LogP contribution in [0.15, 0.2) is 39.3 Å². The Bertz CT molecular complexity index is 1080. The van der Waals surface area contributed by atoms with Crippen LogP contribution < -0.4 is 5.56 Å². The van der Waals surface area contributed by atoms with Crippen LogP contribution in [0.4, 0.5) is 13.2 Å². The predicted molar refractivity (Wildman–Crippen MR) is 105 cm³/mol. The van der Waals surface area contributed by atoms with E-state index in [9.17, 15) is 22.8 Å². The van der Waals surface area contributed by atoms with E-state index in [4.69, 9.17) is 0 Å². The largest absolute Gasteiger partial charge is 0.464 e. The minimum absolute atomic E-state index is 0.0219. The molecule has 0 saturated carbocycles. The number of carbonyl (C=O) groups is 1. The summed E-state index contributed by atoms with van der Waals surface area (Å²) in [6, 6.07) is 5.79. The minimum atomic E-state index is -4.43. The number of hydrogen-bond acceptors (Lipinski definition) is 6. The Balaban J connectivity index is 2.11. The summed E-state index contributed by atoms with van der Waals surface area (Å²) in [4.78, 5) is 28.2. The summed E-state index contributed by atoms with van der Waals surface area (Å²) >= 11 is 2.70. The maximum atomic E-state index is 12.9. The quantitative estimate of drug-likeness (QED) is 0.461. The molecule has 29 heavy (non-hydrogen) atoms. The van der Waals surface area contributed by atoms with Crippen molar-refractivity contribution in [3.63, 3.8) is 0 Å². The smallest absolute Gasteiger partial charge is 0.416 e. The van der Waals surface area contributed by atoms with Crippen molar-refractivity contribution in [2.45, 2.75) is 29.5 Å². The van der Waals surface area contributed by atoms with Gasteiger partial charge in [-0.15, -0.1) is 11.8 Å². The van der Waals surface area contributed by atoms with Crippen molar-refractivity contribution in [2.24, 2.45) is 0 Å². The van der Waals surface area contributed by atoms with Gasteiger partial charge < -0.3 is 4.74 Å². The van der Waals surface area contributed by atoms with Crippen LogP contribution in [0, 0.1) is 0 Å². The first-order chi connectivity index (χ1) is 13.6. The molecule has 0 aliphatic rings. The Hall–Kier alpha value is -2.53. The molecular formula is C18H16F3N3O3S2. The van der Waals surface area contributed by atoms with Crippen molar-refractivity contribution in [2.75, 3.05) is 7.11 Å². The first-order valence-corrected chi connectivity index (χ1v) is 10.1. The monoisotopic (exact) mass is 443 g/mol. The number of nitrogens with one attached hydrogen (secondary N) is 1. The van der Waals surface area contributed by atoms with Crippen molar-refractivity contribution in [3.8, 4) is 16.4 Å². The second-order valence-corrected chi connectivity index (χ2v) is 9.03. The van der Waals surface area contributed by atoms with Gasteiger partial charge in [-0.1, -0.05) is 37.3 Å². The molecule has 0 atom stereocenters. The third kappa shape index (κ3) is 4.56. The van der Waals surface area contributed by atoms with Crippen LogP contribution in [0.5, 0.6) is 0 Å². The van der Waals surface area contributed by atoms with Gasteiger partial charge in [-0.3, -0.25) is 9.89 Å². The van der Waals surface area contributed by atoms with Crippen LogP contribution >= 0.6 is 23.1 Å². The molecule has 0 bridgehead atoms. The number of methoxy groups -OCH3 is 1. The lowest BCUT2D eigenvalue weighted by molar-refractivity contribution is -0.137. The Morgan fingerprint density at radius 3 is 2.48 bits per heavy atom. The molecule has 0 fully saturated rings. The van der Waals surface area contributed by atoms with Crippen LogP contribution in [0.25, 0.3) is 16.4 Å². The Labute approximate surface area is 171 Å². The average molecular weight is 443 g/mol. The first-order valence-electron chi connectivity index (χ1n) is 8.36. The van der Waals surface area contributed by atoms with Crippen molar-refractivity contribution in [1.29, 1.82) is 0 Å². The minimum Gasteiger partial charge on any atom is -0.464 e. The van der Waals surface area contributed by atoms with Gasteiger partial charge in [-0.2, -0.15) is 13.2 Å². The van der Waals surface area contributed by atoms with E-state index in [1.165, 1.54) is 47.0 Å². The molecule has 0 spiro atoms. The Morgan fingerprint density at radius 1 is 1.28 bits per heavy atom. The van der Waals surface area contributed by atoms with E-state index in [0.717, 1.165) is 22.4 Å². The Kier molecular flexibility index (Phi) is 5.90.